The molecule has 2 aliphatic heterocycles. The number of hydrogen-bond acceptors (Lipinski definition) is 4. The van der Waals surface area contributed by atoms with E-state index in [0.717, 1.165) is 44.1 Å². The highest BCUT2D eigenvalue weighted by molar-refractivity contribution is 5.79. The Morgan fingerprint density at radius 2 is 2.23 bits per heavy atom. The summed E-state index contributed by atoms with van der Waals surface area (Å²) in [6, 6.07) is 0.156. The first kappa shape index (κ1) is 15.5. The van der Waals surface area contributed by atoms with Crippen LogP contribution in [0.4, 0.5) is 0 Å². The molecule has 2 aliphatic rings. The van der Waals surface area contributed by atoms with E-state index in [9.17, 15) is 4.79 Å². The predicted octanol–water partition coefficient (Wildman–Crippen LogP) is 2.64. The van der Waals surface area contributed by atoms with Crippen LogP contribution in [0.1, 0.15) is 64.7 Å². The molecule has 2 unspecified atom stereocenters. The van der Waals surface area contributed by atoms with E-state index in [1.807, 2.05) is 6.20 Å². The molecule has 5 heteroatoms. The minimum absolute atomic E-state index is 0.0180. The van der Waals surface area contributed by atoms with E-state index < -0.39 is 0 Å². The van der Waals surface area contributed by atoms with Gasteiger partial charge in [-0.1, -0.05) is 20.8 Å². The maximum atomic E-state index is 11.6. The van der Waals surface area contributed by atoms with Gasteiger partial charge in [0, 0.05) is 30.3 Å². The van der Waals surface area contributed by atoms with Gasteiger partial charge in [0.1, 0.15) is 5.76 Å². The Morgan fingerprint density at radius 3 is 2.82 bits per heavy atom. The van der Waals surface area contributed by atoms with E-state index in [-0.39, 0.29) is 22.8 Å². The molecule has 0 radical (unpaired) electrons. The number of nitrogens with zero attached hydrogens (tertiary/aromatic N) is 2. The lowest BCUT2D eigenvalue weighted by Gasteiger charge is -2.41. The molecular weight excluding hydrogens is 278 g/mol. The zero-order chi connectivity index (χ0) is 16.0. The number of nitrogens with one attached hydrogen (secondary N) is 1. The van der Waals surface area contributed by atoms with E-state index >= 15 is 0 Å². The minimum atomic E-state index is -0.0180. The van der Waals surface area contributed by atoms with Crippen molar-refractivity contribution in [2.45, 2.75) is 58.4 Å². The molecule has 2 fully saturated rings. The van der Waals surface area contributed by atoms with E-state index in [2.05, 4.69) is 42.9 Å². The summed E-state index contributed by atoms with van der Waals surface area (Å²) in [6.07, 6.45) is 4.78. The Balaban J connectivity index is 1.73. The summed E-state index contributed by atoms with van der Waals surface area (Å²) in [7, 11) is 0. The van der Waals surface area contributed by atoms with E-state index in [1.165, 1.54) is 0 Å². The fourth-order valence-electron chi connectivity index (χ4n) is 3.60. The molecule has 1 spiro atoms. The molecule has 0 aromatic carbocycles. The molecule has 3 heterocycles. The molecule has 3 rings (SSSR count). The Hall–Kier alpha value is -1.36. The van der Waals surface area contributed by atoms with Crippen molar-refractivity contribution in [1.82, 2.24) is 15.2 Å². The van der Waals surface area contributed by atoms with Crippen LogP contribution in [0.2, 0.25) is 0 Å². The quantitative estimate of drug-likeness (QED) is 0.912. The summed E-state index contributed by atoms with van der Waals surface area (Å²) in [6.45, 7) is 11.4. The van der Waals surface area contributed by atoms with Crippen LogP contribution >= 0.6 is 0 Å². The van der Waals surface area contributed by atoms with Gasteiger partial charge in [-0.2, -0.15) is 0 Å². The minimum Gasteiger partial charge on any atom is -0.443 e. The summed E-state index contributed by atoms with van der Waals surface area (Å²) < 4.78 is 6.00. The highest BCUT2D eigenvalue weighted by Gasteiger charge is 2.43. The third kappa shape index (κ3) is 2.91. The van der Waals surface area contributed by atoms with Gasteiger partial charge in [-0.15, -0.1) is 0 Å². The van der Waals surface area contributed by atoms with Crippen LogP contribution in [0, 0.1) is 5.41 Å². The molecule has 1 N–H and O–H groups in total. The maximum Gasteiger partial charge on any atom is 0.220 e. The number of carbonyl (C=O) groups is 1. The van der Waals surface area contributed by atoms with Crippen LogP contribution in [-0.2, 0) is 10.2 Å². The van der Waals surface area contributed by atoms with Crippen molar-refractivity contribution >= 4 is 5.91 Å². The molecule has 122 valence electrons. The zero-order valence-electron chi connectivity index (χ0n) is 14.1. The second-order valence-electron chi connectivity index (χ2n) is 8.02. The van der Waals surface area contributed by atoms with Crippen molar-refractivity contribution in [1.29, 1.82) is 0 Å². The van der Waals surface area contributed by atoms with Crippen molar-refractivity contribution in [2.24, 2.45) is 5.41 Å². The number of likely N-dealkylation sites (tertiary alicyclic amines) is 1. The number of amides is 1. The summed E-state index contributed by atoms with van der Waals surface area (Å²) in [5, 5.41) is 3.00. The molecule has 2 saturated heterocycles. The van der Waals surface area contributed by atoms with Gasteiger partial charge >= 0.3 is 0 Å². The average molecular weight is 305 g/mol. The maximum absolute atomic E-state index is 11.6. The number of rotatable bonds is 2. The second kappa shape index (κ2) is 5.37. The largest absolute Gasteiger partial charge is 0.443 e. The lowest BCUT2D eigenvalue weighted by molar-refractivity contribution is -0.120. The fourth-order valence-corrected chi connectivity index (χ4v) is 3.60. The third-order valence-electron chi connectivity index (χ3n) is 5.05. The topological polar surface area (TPSA) is 58.4 Å². The number of piperidine rings is 1. The van der Waals surface area contributed by atoms with Gasteiger partial charge in [0.05, 0.1) is 12.2 Å². The van der Waals surface area contributed by atoms with Gasteiger partial charge in [0.2, 0.25) is 11.8 Å². The molecule has 2 atom stereocenters. The van der Waals surface area contributed by atoms with Crippen LogP contribution in [-0.4, -0.2) is 35.4 Å². The van der Waals surface area contributed by atoms with Crippen molar-refractivity contribution in [2.75, 3.05) is 19.6 Å². The summed E-state index contributed by atoms with van der Waals surface area (Å²) in [4.78, 5) is 18.5. The van der Waals surface area contributed by atoms with E-state index in [0.29, 0.717) is 6.42 Å². The number of carbonyl (C=O) groups excluding carboxylic acids is 1. The van der Waals surface area contributed by atoms with Gasteiger partial charge in [-0.05, 0) is 26.3 Å². The summed E-state index contributed by atoms with van der Waals surface area (Å²) >= 11 is 0. The van der Waals surface area contributed by atoms with Crippen molar-refractivity contribution in [3.63, 3.8) is 0 Å². The average Bonchev–Trinajstić information content (AvgIpc) is 3.05. The van der Waals surface area contributed by atoms with Crippen molar-refractivity contribution < 1.29 is 9.21 Å². The smallest absolute Gasteiger partial charge is 0.220 e. The zero-order valence-corrected chi connectivity index (χ0v) is 14.1. The Kier molecular flexibility index (Phi) is 3.79. The van der Waals surface area contributed by atoms with Crippen molar-refractivity contribution in [3.8, 4) is 0 Å². The molecule has 1 amide bonds. The van der Waals surface area contributed by atoms with Crippen LogP contribution in [0.25, 0.3) is 0 Å². The second-order valence-corrected chi connectivity index (χ2v) is 8.02. The number of hydrogen-bond donors (Lipinski definition) is 1. The molecule has 0 saturated carbocycles. The molecule has 22 heavy (non-hydrogen) atoms. The lowest BCUT2D eigenvalue weighted by atomic mass is 9.78. The SMILES string of the molecule is CC(c1ncc(C(C)(C)C)o1)N1CCCC2(CNC(=O)C2)C1. The molecule has 1 aromatic heterocycles. The molecule has 0 bridgehead atoms. The van der Waals surface area contributed by atoms with Gasteiger partial charge < -0.3 is 9.73 Å². The van der Waals surface area contributed by atoms with Gasteiger partial charge in [0.15, 0.2) is 0 Å². The predicted molar refractivity (Wildman–Crippen MR) is 84.5 cm³/mol. The number of oxazole rings is 1. The molecular formula is C17H27N3O2. The highest BCUT2D eigenvalue weighted by atomic mass is 16.4. The van der Waals surface area contributed by atoms with Gasteiger partial charge in [-0.25, -0.2) is 4.98 Å². The standard InChI is InChI=1S/C17H27N3O2/c1-12(15-18-9-13(22-15)16(2,3)4)20-7-5-6-17(11-20)8-14(21)19-10-17/h9,12H,5-8,10-11H2,1-4H3,(H,19,21). The van der Waals surface area contributed by atoms with Crippen LogP contribution in [0.3, 0.4) is 0 Å². The first-order valence-corrected chi connectivity index (χ1v) is 8.26. The Bertz CT molecular complexity index is 560. The van der Waals surface area contributed by atoms with Gasteiger partial charge in [0.25, 0.3) is 0 Å². The highest BCUT2D eigenvalue weighted by Crippen LogP contribution is 2.39. The molecule has 0 aliphatic carbocycles. The van der Waals surface area contributed by atoms with E-state index in [4.69, 9.17) is 4.42 Å². The molecule has 5 nitrogen and oxygen atoms in total. The van der Waals surface area contributed by atoms with Crippen LogP contribution < -0.4 is 5.32 Å². The van der Waals surface area contributed by atoms with E-state index in [1.54, 1.807) is 0 Å². The Labute approximate surface area is 132 Å². The van der Waals surface area contributed by atoms with Crippen LogP contribution in [0.5, 0.6) is 0 Å². The monoisotopic (exact) mass is 305 g/mol. The first-order chi connectivity index (χ1) is 10.3. The third-order valence-corrected chi connectivity index (χ3v) is 5.05. The first-order valence-electron chi connectivity index (χ1n) is 8.26. The normalized spacial score (nSPS) is 28.1. The fraction of sp³-hybridized carbons (Fsp3) is 0.765. The summed E-state index contributed by atoms with van der Waals surface area (Å²) in [5.41, 5.74) is 0.0962. The molecule has 1 aromatic rings. The lowest BCUT2D eigenvalue weighted by Crippen LogP contribution is -2.45. The number of aromatic nitrogens is 1. The van der Waals surface area contributed by atoms with Crippen LogP contribution in [0.15, 0.2) is 10.6 Å². The summed E-state index contributed by atoms with van der Waals surface area (Å²) in [5.74, 6) is 1.92. The Morgan fingerprint density at radius 1 is 1.45 bits per heavy atom. The van der Waals surface area contributed by atoms with Gasteiger partial charge in [-0.3, -0.25) is 9.69 Å². The van der Waals surface area contributed by atoms with Crippen molar-refractivity contribution in [3.05, 3.63) is 17.8 Å².